The summed E-state index contributed by atoms with van der Waals surface area (Å²) in [7, 11) is 0. The summed E-state index contributed by atoms with van der Waals surface area (Å²) in [5.74, 6) is 0. The SMILES string of the molecule is CC(C)N(CCNC1CCc2ccccc2C1)C(C)C. The van der Waals surface area contributed by atoms with Crippen LogP contribution < -0.4 is 5.32 Å². The van der Waals surface area contributed by atoms with Gasteiger partial charge in [-0.1, -0.05) is 24.3 Å². The molecule has 2 rings (SSSR count). The van der Waals surface area contributed by atoms with Crippen molar-refractivity contribution >= 4 is 0 Å². The van der Waals surface area contributed by atoms with E-state index in [-0.39, 0.29) is 0 Å². The van der Waals surface area contributed by atoms with E-state index >= 15 is 0 Å². The van der Waals surface area contributed by atoms with Gasteiger partial charge in [-0.25, -0.2) is 0 Å². The van der Waals surface area contributed by atoms with Crippen molar-refractivity contribution < 1.29 is 0 Å². The fraction of sp³-hybridized carbons (Fsp3) is 0.667. The summed E-state index contributed by atoms with van der Waals surface area (Å²) >= 11 is 0. The van der Waals surface area contributed by atoms with Gasteiger partial charge in [0.15, 0.2) is 0 Å². The fourth-order valence-corrected chi connectivity index (χ4v) is 3.38. The van der Waals surface area contributed by atoms with Gasteiger partial charge in [-0.05, 0) is 58.1 Å². The number of nitrogens with one attached hydrogen (secondary N) is 1. The van der Waals surface area contributed by atoms with Gasteiger partial charge in [0, 0.05) is 31.2 Å². The predicted molar refractivity (Wildman–Crippen MR) is 87.2 cm³/mol. The van der Waals surface area contributed by atoms with Crippen LogP contribution in [-0.2, 0) is 12.8 Å². The van der Waals surface area contributed by atoms with Crippen LogP contribution in [0.15, 0.2) is 24.3 Å². The molecule has 1 atom stereocenters. The molecular formula is C18H30N2. The van der Waals surface area contributed by atoms with Crippen molar-refractivity contribution in [2.75, 3.05) is 13.1 Å². The summed E-state index contributed by atoms with van der Waals surface area (Å²) < 4.78 is 0. The van der Waals surface area contributed by atoms with Crippen LogP contribution in [-0.4, -0.2) is 36.1 Å². The molecule has 0 aromatic heterocycles. The molecule has 1 aliphatic carbocycles. The molecule has 0 saturated heterocycles. The Labute approximate surface area is 124 Å². The van der Waals surface area contributed by atoms with Crippen molar-refractivity contribution in [3.63, 3.8) is 0 Å². The Balaban J connectivity index is 1.79. The summed E-state index contributed by atoms with van der Waals surface area (Å²) in [6.45, 7) is 11.4. The molecule has 2 nitrogen and oxygen atoms in total. The first kappa shape index (κ1) is 15.5. The maximum atomic E-state index is 3.76. The summed E-state index contributed by atoms with van der Waals surface area (Å²) in [6.07, 6.45) is 3.70. The molecule has 0 heterocycles. The third-order valence-electron chi connectivity index (χ3n) is 4.48. The van der Waals surface area contributed by atoms with Crippen molar-refractivity contribution in [2.45, 2.75) is 65.1 Å². The Hall–Kier alpha value is -0.860. The average molecular weight is 274 g/mol. The summed E-state index contributed by atoms with van der Waals surface area (Å²) in [6, 6.07) is 10.8. The lowest BCUT2D eigenvalue weighted by Crippen LogP contribution is -2.44. The van der Waals surface area contributed by atoms with Crippen LogP contribution in [0.5, 0.6) is 0 Å². The lowest BCUT2D eigenvalue weighted by atomic mass is 9.88. The van der Waals surface area contributed by atoms with E-state index in [1.165, 1.54) is 19.3 Å². The normalized spacial score (nSPS) is 18.9. The van der Waals surface area contributed by atoms with Gasteiger partial charge < -0.3 is 5.32 Å². The van der Waals surface area contributed by atoms with E-state index in [9.17, 15) is 0 Å². The van der Waals surface area contributed by atoms with Gasteiger partial charge in [0.2, 0.25) is 0 Å². The zero-order valence-corrected chi connectivity index (χ0v) is 13.5. The maximum Gasteiger partial charge on any atom is 0.0112 e. The average Bonchev–Trinajstić information content (AvgIpc) is 2.42. The molecule has 1 aromatic rings. The minimum Gasteiger partial charge on any atom is -0.312 e. The number of hydrogen-bond acceptors (Lipinski definition) is 2. The zero-order valence-electron chi connectivity index (χ0n) is 13.5. The van der Waals surface area contributed by atoms with Crippen LogP contribution in [0.4, 0.5) is 0 Å². The highest BCUT2D eigenvalue weighted by Gasteiger charge is 2.18. The van der Waals surface area contributed by atoms with Crippen molar-refractivity contribution in [3.05, 3.63) is 35.4 Å². The second-order valence-electron chi connectivity index (χ2n) is 6.59. The van der Waals surface area contributed by atoms with Crippen LogP contribution in [0.2, 0.25) is 0 Å². The van der Waals surface area contributed by atoms with E-state index in [1.807, 2.05) is 0 Å². The van der Waals surface area contributed by atoms with Crippen LogP contribution in [0, 0.1) is 0 Å². The Morgan fingerprint density at radius 3 is 2.40 bits per heavy atom. The first-order chi connectivity index (χ1) is 9.58. The van der Waals surface area contributed by atoms with Crippen molar-refractivity contribution in [2.24, 2.45) is 0 Å². The molecule has 112 valence electrons. The lowest BCUT2D eigenvalue weighted by molar-refractivity contribution is 0.173. The first-order valence-corrected chi connectivity index (χ1v) is 8.14. The lowest BCUT2D eigenvalue weighted by Gasteiger charge is -2.32. The summed E-state index contributed by atoms with van der Waals surface area (Å²) in [5, 5.41) is 3.76. The van der Waals surface area contributed by atoms with E-state index in [1.54, 1.807) is 11.1 Å². The number of benzene rings is 1. The van der Waals surface area contributed by atoms with Gasteiger partial charge in [0.25, 0.3) is 0 Å². The Morgan fingerprint density at radius 1 is 1.10 bits per heavy atom. The minimum absolute atomic E-state index is 0.629. The number of rotatable bonds is 6. The Kier molecular flexibility index (Phi) is 5.62. The van der Waals surface area contributed by atoms with Gasteiger partial charge in [-0.3, -0.25) is 4.90 Å². The third kappa shape index (κ3) is 4.07. The van der Waals surface area contributed by atoms with Gasteiger partial charge >= 0.3 is 0 Å². The third-order valence-corrected chi connectivity index (χ3v) is 4.48. The largest absolute Gasteiger partial charge is 0.312 e. The van der Waals surface area contributed by atoms with Gasteiger partial charge in [0.05, 0.1) is 0 Å². The monoisotopic (exact) mass is 274 g/mol. The molecule has 0 amide bonds. The molecule has 0 bridgehead atoms. The second-order valence-corrected chi connectivity index (χ2v) is 6.59. The molecule has 0 fully saturated rings. The van der Waals surface area contributed by atoms with Crippen LogP contribution >= 0.6 is 0 Å². The molecule has 0 radical (unpaired) electrons. The number of hydrogen-bond donors (Lipinski definition) is 1. The maximum absolute atomic E-state index is 3.76. The number of aryl methyl sites for hydroxylation is 1. The zero-order chi connectivity index (χ0) is 14.5. The van der Waals surface area contributed by atoms with Crippen LogP contribution in [0.1, 0.15) is 45.2 Å². The molecule has 1 aliphatic rings. The standard InChI is InChI=1S/C18H30N2/c1-14(2)20(15(3)4)12-11-19-18-10-9-16-7-5-6-8-17(16)13-18/h5-8,14-15,18-19H,9-13H2,1-4H3. The highest BCUT2D eigenvalue weighted by atomic mass is 15.2. The Morgan fingerprint density at radius 2 is 1.75 bits per heavy atom. The Bertz CT molecular complexity index is 404. The summed E-state index contributed by atoms with van der Waals surface area (Å²) in [4.78, 5) is 2.56. The molecule has 2 heteroatoms. The van der Waals surface area contributed by atoms with E-state index < -0.39 is 0 Å². The molecule has 0 aliphatic heterocycles. The van der Waals surface area contributed by atoms with Gasteiger partial charge in [0.1, 0.15) is 0 Å². The van der Waals surface area contributed by atoms with E-state index in [0.29, 0.717) is 18.1 Å². The smallest absolute Gasteiger partial charge is 0.0112 e. The molecule has 0 spiro atoms. The van der Waals surface area contributed by atoms with Crippen LogP contribution in [0.25, 0.3) is 0 Å². The van der Waals surface area contributed by atoms with Gasteiger partial charge in [-0.2, -0.15) is 0 Å². The van der Waals surface area contributed by atoms with Crippen molar-refractivity contribution in [1.29, 1.82) is 0 Å². The number of nitrogens with zero attached hydrogens (tertiary/aromatic N) is 1. The fourth-order valence-electron chi connectivity index (χ4n) is 3.38. The molecule has 1 N–H and O–H groups in total. The second kappa shape index (κ2) is 7.24. The quantitative estimate of drug-likeness (QED) is 0.856. The van der Waals surface area contributed by atoms with E-state index in [0.717, 1.165) is 13.1 Å². The molecule has 1 aromatic carbocycles. The molecular weight excluding hydrogens is 244 g/mol. The highest BCUT2D eigenvalue weighted by Crippen LogP contribution is 2.20. The predicted octanol–water partition coefficient (Wildman–Crippen LogP) is 3.25. The highest BCUT2D eigenvalue weighted by molar-refractivity contribution is 5.30. The first-order valence-electron chi connectivity index (χ1n) is 8.14. The number of fused-ring (bicyclic) bond motifs is 1. The molecule has 0 saturated carbocycles. The van der Waals surface area contributed by atoms with E-state index in [4.69, 9.17) is 0 Å². The van der Waals surface area contributed by atoms with Gasteiger partial charge in [-0.15, -0.1) is 0 Å². The summed E-state index contributed by atoms with van der Waals surface area (Å²) in [5.41, 5.74) is 3.09. The molecule has 20 heavy (non-hydrogen) atoms. The van der Waals surface area contributed by atoms with E-state index in [2.05, 4.69) is 62.2 Å². The van der Waals surface area contributed by atoms with Crippen LogP contribution in [0.3, 0.4) is 0 Å². The topological polar surface area (TPSA) is 15.3 Å². The molecule has 1 unspecified atom stereocenters. The minimum atomic E-state index is 0.629. The van der Waals surface area contributed by atoms with Crippen molar-refractivity contribution in [1.82, 2.24) is 10.2 Å². The van der Waals surface area contributed by atoms with Crippen molar-refractivity contribution in [3.8, 4) is 0 Å².